The van der Waals surface area contributed by atoms with Gasteiger partial charge in [-0.15, -0.1) is 0 Å². The van der Waals surface area contributed by atoms with Gasteiger partial charge in [-0.05, 0) is 5.92 Å². The van der Waals surface area contributed by atoms with E-state index in [0.717, 1.165) is 12.4 Å². The lowest BCUT2D eigenvalue weighted by Gasteiger charge is -2.02. The molecular weight excluding hydrogens is 210 g/mol. The molecule has 0 fully saturated rings. The van der Waals surface area contributed by atoms with Crippen molar-refractivity contribution in [2.45, 2.75) is 26.7 Å². The highest BCUT2D eigenvalue weighted by atomic mass is 16.6. The molecule has 0 aliphatic heterocycles. The first kappa shape index (κ1) is 12.2. The number of nitrogens with zero attached hydrogens (tertiary/aromatic N) is 3. The van der Waals surface area contributed by atoms with Crippen LogP contribution in [-0.4, -0.2) is 20.7 Å². The van der Waals surface area contributed by atoms with E-state index >= 15 is 0 Å². The van der Waals surface area contributed by atoms with Crippen molar-refractivity contribution in [3.8, 4) is 0 Å². The SMILES string of the molecule is CC(C)CC(=O)Cc1ncc([N+](=O)[O-])cn1. The normalized spacial score (nSPS) is 10.4. The lowest BCUT2D eigenvalue weighted by Crippen LogP contribution is -2.09. The van der Waals surface area contributed by atoms with Gasteiger partial charge in [0.1, 0.15) is 24.0 Å². The number of carbonyl (C=O) groups is 1. The van der Waals surface area contributed by atoms with Gasteiger partial charge < -0.3 is 0 Å². The molecule has 1 heterocycles. The van der Waals surface area contributed by atoms with Crippen LogP contribution in [0.3, 0.4) is 0 Å². The second-order valence-corrected chi connectivity index (χ2v) is 3.93. The standard InChI is InChI=1S/C10H13N3O3/c1-7(2)3-9(14)4-10-11-5-8(6-12-10)13(15)16/h5-7H,3-4H2,1-2H3. The molecule has 1 aromatic rings. The summed E-state index contributed by atoms with van der Waals surface area (Å²) in [6, 6.07) is 0. The van der Waals surface area contributed by atoms with Crippen LogP contribution in [0, 0.1) is 16.0 Å². The zero-order valence-electron chi connectivity index (χ0n) is 9.21. The zero-order valence-corrected chi connectivity index (χ0v) is 9.21. The first-order chi connectivity index (χ1) is 7.49. The van der Waals surface area contributed by atoms with E-state index < -0.39 is 4.92 Å². The minimum absolute atomic E-state index is 0.0452. The summed E-state index contributed by atoms with van der Waals surface area (Å²) in [5.41, 5.74) is -0.167. The molecule has 0 N–H and O–H groups in total. The van der Waals surface area contributed by atoms with Crippen LogP contribution < -0.4 is 0 Å². The molecule has 0 radical (unpaired) electrons. The average molecular weight is 223 g/mol. The van der Waals surface area contributed by atoms with Gasteiger partial charge in [0.15, 0.2) is 0 Å². The maximum absolute atomic E-state index is 11.4. The van der Waals surface area contributed by atoms with E-state index in [1.807, 2.05) is 13.8 Å². The van der Waals surface area contributed by atoms with E-state index in [1.165, 1.54) is 0 Å². The molecule has 16 heavy (non-hydrogen) atoms. The smallest absolute Gasteiger partial charge is 0.299 e. The number of Topliss-reactive ketones (excluding diaryl/α,β-unsaturated/α-hetero) is 1. The molecule has 0 atom stereocenters. The van der Waals surface area contributed by atoms with Crippen LogP contribution in [-0.2, 0) is 11.2 Å². The van der Waals surface area contributed by atoms with Crippen LogP contribution in [0.25, 0.3) is 0 Å². The Morgan fingerprint density at radius 3 is 2.44 bits per heavy atom. The van der Waals surface area contributed by atoms with Crippen LogP contribution in [0.4, 0.5) is 5.69 Å². The van der Waals surface area contributed by atoms with Crippen LogP contribution in [0.5, 0.6) is 0 Å². The highest BCUT2D eigenvalue weighted by Crippen LogP contribution is 2.08. The van der Waals surface area contributed by atoms with Crippen molar-refractivity contribution in [3.63, 3.8) is 0 Å². The summed E-state index contributed by atoms with van der Waals surface area (Å²) in [4.78, 5) is 28.7. The number of aromatic nitrogens is 2. The van der Waals surface area contributed by atoms with Crippen LogP contribution in [0.15, 0.2) is 12.4 Å². The molecule has 0 aliphatic rings. The van der Waals surface area contributed by atoms with Gasteiger partial charge in [-0.2, -0.15) is 0 Å². The van der Waals surface area contributed by atoms with Crippen LogP contribution in [0.1, 0.15) is 26.1 Å². The van der Waals surface area contributed by atoms with E-state index in [1.54, 1.807) is 0 Å². The monoisotopic (exact) mass is 223 g/mol. The summed E-state index contributed by atoms with van der Waals surface area (Å²) in [6.45, 7) is 3.91. The minimum Gasteiger partial charge on any atom is -0.299 e. The van der Waals surface area contributed by atoms with E-state index in [0.29, 0.717) is 18.2 Å². The third kappa shape index (κ3) is 3.72. The zero-order chi connectivity index (χ0) is 12.1. The number of rotatable bonds is 5. The van der Waals surface area contributed by atoms with Crippen molar-refractivity contribution in [1.29, 1.82) is 0 Å². The number of carbonyl (C=O) groups excluding carboxylic acids is 1. The van der Waals surface area contributed by atoms with Crippen molar-refractivity contribution in [3.05, 3.63) is 28.3 Å². The Morgan fingerprint density at radius 2 is 2.00 bits per heavy atom. The Balaban J connectivity index is 2.62. The molecule has 0 bridgehead atoms. The maximum Gasteiger partial charge on any atom is 0.305 e. The molecule has 6 heteroatoms. The van der Waals surface area contributed by atoms with Gasteiger partial charge >= 0.3 is 5.69 Å². The largest absolute Gasteiger partial charge is 0.305 e. The van der Waals surface area contributed by atoms with Crippen molar-refractivity contribution < 1.29 is 9.72 Å². The van der Waals surface area contributed by atoms with Gasteiger partial charge in [0.25, 0.3) is 0 Å². The lowest BCUT2D eigenvalue weighted by molar-refractivity contribution is -0.385. The van der Waals surface area contributed by atoms with Gasteiger partial charge in [-0.1, -0.05) is 13.8 Å². The second kappa shape index (κ2) is 5.29. The summed E-state index contributed by atoms with van der Waals surface area (Å²) < 4.78 is 0. The van der Waals surface area contributed by atoms with Gasteiger partial charge in [0, 0.05) is 6.42 Å². The Hall–Kier alpha value is -1.85. The van der Waals surface area contributed by atoms with Gasteiger partial charge in [0.05, 0.1) is 11.3 Å². The van der Waals surface area contributed by atoms with Crippen LogP contribution >= 0.6 is 0 Å². The molecule has 0 amide bonds. The summed E-state index contributed by atoms with van der Waals surface area (Å²) in [7, 11) is 0. The number of hydrogen-bond acceptors (Lipinski definition) is 5. The minimum atomic E-state index is -0.570. The Bertz CT molecular complexity index is 387. The van der Waals surface area contributed by atoms with Crippen LogP contribution in [0.2, 0.25) is 0 Å². The summed E-state index contributed by atoms with van der Waals surface area (Å²) >= 11 is 0. The Morgan fingerprint density at radius 1 is 1.44 bits per heavy atom. The van der Waals surface area contributed by atoms with Crippen molar-refractivity contribution in [1.82, 2.24) is 9.97 Å². The maximum atomic E-state index is 11.4. The molecule has 0 unspecified atom stereocenters. The van der Waals surface area contributed by atoms with Gasteiger partial charge in [-0.25, -0.2) is 9.97 Å². The fourth-order valence-electron chi connectivity index (χ4n) is 1.24. The topological polar surface area (TPSA) is 86.0 Å². The third-order valence-electron chi connectivity index (χ3n) is 1.89. The molecule has 1 rings (SSSR count). The molecule has 0 aromatic carbocycles. The fraction of sp³-hybridized carbons (Fsp3) is 0.500. The predicted molar refractivity (Wildman–Crippen MR) is 56.9 cm³/mol. The first-order valence-electron chi connectivity index (χ1n) is 4.96. The van der Waals surface area contributed by atoms with E-state index in [9.17, 15) is 14.9 Å². The molecule has 86 valence electrons. The Labute approximate surface area is 92.9 Å². The highest BCUT2D eigenvalue weighted by Gasteiger charge is 2.10. The molecular formula is C10H13N3O3. The number of nitro groups is 1. The Kier molecular flexibility index (Phi) is 4.04. The molecule has 0 aliphatic carbocycles. The van der Waals surface area contributed by atoms with Crippen molar-refractivity contribution in [2.24, 2.45) is 5.92 Å². The number of ketones is 1. The van der Waals surface area contributed by atoms with E-state index in [4.69, 9.17) is 0 Å². The average Bonchev–Trinajstić information content (AvgIpc) is 2.16. The molecule has 1 aromatic heterocycles. The third-order valence-corrected chi connectivity index (χ3v) is 1.89. The summed E-state index contributed by atoms with van der Waals surface area (Å²) in [6.07, 6.45) is 2.84. The summed E-state index contributed by atoms with van der Waals surface area (Å²) in [5, 5.41) is 10.3. The van der Waals surface area contributed by atoms with Gasteiger partial charge in [-0.3, -0.25) is 14.9 Å². The molecule has 0 saturated carbocycles. The molecule has 0 saturated heterocycles. The van der Waals surface area contributed by atoms with Crippen molar-refractivity contribution >= 4 is 11.5 Å². The fourth-order valence-corrected chi connectivity index (χ4v) is 1.24. The number of hydrogen-bond donors (Lipinski definition) is 0. The quantitative estimate of drug-likeness (QED) is 0.558. The molecule has 6 nitrogen and oxygen atoms in total. The predicted octanol–water partition coefficient (Wildman–Crippen LogP) is 1.54. The van der Waals surface area contributed by atoms with Crippen molar-refractivity contribution in [2.75, 3.05) is 0 Å². The lowest BCUT2D eigenvalue weighted by atomic mass is 10.1. The van der Waals surface area contributed by atoms with E-state index in [2.05, 4.69) is 9.97 Å². The molecule has 0 spiro atoms. The highest BCUT2D eigenvalue weighted by molar-refractivity contribution is 5.80. The van der Waals surface area contributed by atoms with E-state index in [-0.39, 0.29) is 17.9 Å². The second-order valence-electron chi connectivity index (χ2n) is 3.93. The summed E-state index contributed by atoms with van der Waals surface area (Å²) in [5.74, 6) is 0.672. The first-order valence-corrected chi connectivity index (χ1v) is 4.96. The van der Waals surface area contributed by atoms with Gasteiger partial charge in [0.2, 0.25) is 0 Å².